The Labute approximate surface area is 123 Å². The molecule has 0 aliphatic heterocycles. The third kappa shape index (κ3) is 5.24. The lowest BCUT2D eigenvalue weighted by Crippen LogP contribution is -2.28. The number of hydrogen-bond acceptors (Lipinski definition) is 5. The molecule has 0 saturated heterocycles. The number of sulfonamides is 1. The van der Waals surface area contributed by atoms with Crippen molar-refractivity contribution in [3.8, 4) is 0 Å². The monoisotopic (exact) mass is 316 g/mol. The van der Waals surface area contributed by atoms with Gasteiger partial charge in [0.15, 0.2) is 0 Å². The third-order valence-electron chi connectivity index (χ3n) is 2.51. The first-order valence-electron chi connectivity index (χ1n) is 5.77. The van der Waals surface area contributed by atoms with E-state index in [2.05, 4.69) is 9.46 Å². The fraction of sp³-hybridized carbons (Fsp3) is 0.333. The van der Waals surface area contributed by atoms with Crippen LogP contribution in [0, 0.1) is 0 Å². The predicted molar refractivity (Wildman–Crippen MR) is 79.6 cm³/mol. The summed E-state index contributed by atoms with van der Waals surface area (Å²) in [4.78, 5) is 11.1. The van der Waals surface area contributed by atoms with Gasteiger partial charge in [-0.3, -0.25) is 4.79 Å². The van der Waals surface area contributed by atoms with Gasteiger partial charge >= 0.3 is 5.97 Å². The van der Waals surface area contributed by atoms with Crippen molar-refractivity contribution in [2.45, 2.75) is 12.2 Å². The molecule has 0 atom stereocenters. The number of nitrogens with two attached hydrogens (primary N) is 1. The van der Waals surface area contributed by atoms with Gasteiger partial charge in [-0.2, -0.15) is 0 Å². The topological polar surface area (TPSA) is 98.5 Å². The van der Waals surface area contributed by atoms with Gasteiger partial charge in [0.25, 0.3) is 0 Å². The molecule has 0 aromatic heterocycles. The van der Waals surface area contributed by atoms with E-state index in [4.69, 9.17) is 18.0 Å². The minimum absolute atomic E-state index is 0.00968. The van der Waals surface area contributed by atoms with Crippen molar-refractivity contribution in [2.75, 3.05) is 13.7 Å². The first-order valence-corrected chi connectivity index (χ1v) is 7.83. The number of methoxy groups -OCH3 is 1. The van der Waals surface area contributed by atoms with Gasteiger partial charge < -0.3 is 10.5 Å². The predicted octanol–water partition coefficient (Wildman–Crippen LogP) is 0.303. The number of ether oxygens (including phenoxy) is 1. The van der Waals surface area contributed by atoms with Crippen LogP contribution in [0.4, 0.5) is 0 Å². The summed E-state index contributed by atoms with van der Waals surface area (Å²) >= 11 is 4.88. The Morgan fingerprint density at radius 2 is 2.05 bits per heavy atom. The molecule has 0 aliphatic rings. The molecule has 110 valence electrons. The average Bonchev–Trinajstić information content (AvgIpc) is 2.38. The van der Waals surface area contributed by atoms with Crippen LogP contribution in [0.25, 0.3) is 0 Å². The molecule has 1 aromatic carbocycles. The van der Waals surface area contributed by atoms with E-state index in [1.165, 1.54) is 7.11 Å². The van der Waals surface area contributed by atoms with Gasteiger partial charge in [0.05, 0.1) is 19.3 Å². The van der Waals surface area contributed by atoms with Gasteiger partial charge in [0.2, 0.25) is 10.0 Å². The molecule has 0 amide bonds. The number of carbonyl (C=O) groups is 1. The molecule has 6 nitrogen and oxygen atoms in total. The minimum atomic E-state index is -3.57. The quantitative estimate of drug-likeness (QED) is 0.555. The van der Waals surface area contributed by atoms with E-state index in [-0.39, 0.29) is 23.7 Å². The Kier molecular flexibility index (Phi) is 6.05. The minimum Gasteiger partial charge on any atom is -0.469 e. The van der Waals surface area contributed by atoms with Crippen molar-refractivity contribution in [2.24, 2.45) is 5.73 Å². The molecule has 0 radical (unpaired) electrons. The van der Waals surface area contributed by atoms with Crippen LogP contribution in [-0.2, 0) is 25.3 Å². The summed E-state index contributed by atoms with van der Waals surface area (Å²) in [5, 5.41) is 0. The van der Waals surface area contributed by atoms with Crippen molar-refractivity contribution in [1.82, 2.24) is 4.72 Å². The molecular formula is C12H16N2O4S2. The summed E-state index contributed by atoms with van der Waals surface area (Å²) in [6, 6.07) is 6.76. The van der Waals surface area contributed by atoms with E-state index in [1.807, 2.05) is 0 Å². The summed E-state index contributed by atoms with van der Waals surface area (Å²) in [6.45, 7) is -0.00968. The number of thiocarbonyl (C=S) groups is 1. The zero-order valence-corrected chi connectivity index (χ0v) is 12.6. The second kappa shape index (κ2) is 7.32. The third-order valence-corrected chi connectivity index (χ3v) is 4.06. The lowest BCUT2D eigenvalue weighted by Gasteiger charge is -2.09. The highest BCUT2D eigenvalue weighted by Gasteiger charge is 2.15. The van der Waals surface area contributed by atoms with E-state index in [0.29, 0.717) is 11.1 Å². The lowest BCUT2D eigenvalue weighted by molar-refractivity contribution is -0.140. The average molecular weight is 316 g/mol. The summed E-state index contributed by atoms with van der Waals surface area (Å²) in [5.41, 5.74) is 6.59. The zero-order chi connectivity index (χ0) is 15.2. The van der Waals surface area contributed by atoms with Gasteiger partial charge in [-0.05, 0) is 5.56 Å². The van der Waals surface area contributed by atoms with Gasteiger partial charge in [0.1, 0.15) is 4.99 Å². The number of carbonyl (C=O) groups excluding carboxylic acids is 1. The van der Waals surface area contributed by atoms with Crippen molar-refractivity contribution < 1.29 is 17.9 Å². The fourth-order valence-electron chi connectivity index (χ4n) is 1.55. The second-order valence-corrected chi connectivity index (χ2v) is 6.25. The molecule has 0 unspecified atom stereocenters. The van der Waals surface area contributed by atoms with E-state index in [1.54, 1.807) is 24.3 Å². The zero-order valence-electron chi connectivity index (χ0n) is 11.0. The molecule has 1 aromatic rings. The molecule has 0 heterocycles. The molecule has 0 spiro atoms. The molecule has 0 bridgehead atoms. The van der Waals surface area contributed by atoms with Gasteiger partial charge in [-0.1, -0.05) is 36.5 Å². The van der Waals surface area contributed by atoms with E-state index < -0.39 is 16.0 Å². The summed E-state index contributed by atoms with van der Waals surface area (Å²) < 4.78 is 30.5. The Morgan fingerprint density at radius 1 is 1.40 bits per heavy atom. The van der Waals surface area contributed by atoms with Crippen LogP contribution in [0.15, 0.2) is 24.3 Å². The van der Waals surface area contributed by atoms with Gasteiger partial charge in [0, 0.05) is 12.1 Å². The summed E-state index contributed by atoms with van der Waals surface area (Å²) in [5.74, 6) is -0.724. The van der Waals surface area contributed by atoms with Crippen LogP contribution >= 0.6 is 12.2 Å². The highest BCUT2D eigenvalue weighted by Crippen LogP contribution is 2.12. The van der Waals surface area contributed by atoms with Crippen LogP contribution in [-0.4, -0.2) is 33.0 Å². The smallest absolute Gasteiger partial charge is 0.306 e. The van der Waals surface area contributed by atoms with Crippen LogP contribution in [0.2, 0.25) is 0 Å². The first-order chi connectivity index (χ1) is 9.35. The molecule has 0 saturated carbocycles. The maximum absolute atomic E-state index is 11.9. The maximum atomic E-state index is 11.9. The fourth-order valence-corrected chi connectivity index (χ4v) is 2.93. The van der Waals surface area contributed by atoms with Crippen molar-refractivity contribution in [3.05, 3.63) is 35.4 Å². The summed E-state index contributed by atoms with van der Waals surface area (Å²) in [7, 11) is -2.32. The largest absolute Gasteiger partial charge is 0.469 e. The number of nitrogens with one attached hydrogen (secondary N) is 1. The summed E-state index contributed by atoms with van der Waals surface area (Å²) in [6.07, 6.45) is -0.0212. The number of rotatable bonds is 7. The van der Waals surface area contributed by atoms with Gasteiger partial charge in [-0.15, -0.1) is 0 Å². The van der Waals surface area contributed by atoms with Crippen LogP contribution in [0.3, 0.4) is 0 Å². The number of esters is 1. The SMILES string of the molecule is COC(=O)CCNS(=O)(=O)Cc1ccccc1C(N)=S. The molecule has 0 fully saturated rings. The Balaban J connectivity index is 2.72. The highest BCUT2D eigenvalue weighted by molar-refractivity contribution is 7.88. The van der Waals surface area contributed by atoms with E-state index in [9.17, 15) is 13.2 Å². The van der Waals surface area contributed by atoms with Crippen LogP contribution in [0.5, 0.6) is 0 Å². The molecule has 20 heavy (non-hydrogen) atoms. The maximum Gasteiger partial charge on any atom is 0.306 e. The van der Waals surface area contributed by atoms with E-state index in [0.717, 1.165) is 0 Å². The molecule has 8 heteroatoms. The van der Waals surface area contributed by atoms with Gasteiger partial charge in [-0.25, -0.2) is 13.1 Å². The van der Waals surface area contributed by atoms with Crippen molar-refractivity contribution in [1.29, 1.82) is 0 Å². The normalized spacial score (nSPS) is 11.1. The molecule has 3 N–H and O–H groups in total. The standard InChI is InChI=1S/C12H16N2O4S2/c1-18-11(15)6-7-14-20(16,17)8-9-4-2-3-5-10(9)12(13)19/h2-5,14H,6-8H2,1H3,(H2,13,19). The molecular weight excluding hydrogens is 300 g/mol. The van der Waals surface area contributed by atoms with Crippen LogP contribution in [0.1, 0.15) is 17.5 Å². The first kappa shape index (κ1) is 16.5. The number of benzene rings is 1. The Bertz CT molecular complexity index is 599. The molecule has 0 aliphatic carbocycles. The Morgan fingerprint density at radius 3 is 2.65 bits per heavy atom. The van der Waals surface area contributed by atoms with E-state index >= 15 is 0 Å². The molecule has 1 rings (SSSR count). The van der Waals surface area contributed by atoms with Crippen molar-refractivity contribution in [3.63, 3.8) is 0 Å². The van der Waals surface area contributed by atoms with Crippen molar-refractivity contribution >= 4 is 33.2 Å². The number of hydrogen-bond donors (Lipinski definition) is 2. The Hall–Kier alpha value is -1.51. The highest BCUT2D eigenvalue weighted by atomic mass is 32.2. The lowest BCUT2D eigenvalue weighted by atomic mass is 10.1. The second-order valence-electron chi connectivity index (χ2n) is 4.00. The van der Waals surface area contributed by atoms with Crippen LogP contribution < -0.4 is 10.5 Å².